The number of aromatic nitrogens is 5. The molecule has 0 saturated carbocycles. The highest BCUT2D eigenvalue weighted by atomic mass is 32.2. The number of H-pyrrole nitrogens is 1. The molecule has 0 spiro atoms. The molecule has 0 aliphatic heterocycles. The molecule has 0 radical (unpaired) electrons. The highest BCUT2D eigenvalue weighted by Crippen LogP contribution is 2.26. The van der Waals surface area contributed by atoms with Crippen LogP contribution in [0, 0.1) is 27.7 Å². The third-order valence-corrected chi connectivity index (χ3v) is 6.77. The summed E-state index contributed by atoms with van der Waals surface area (Å²) >= 11 is 1.32. The molecule has 0 aliphatic rings. The number of thioether (sulfide) groups is 1. The fraction of sp³-hybridized carbons (Fsp3) is 0.200. The summed E-state index contributed by atoms with van der Waals surface area (Å²) < 4.78 is 3.50. The van der Waals surface area contributed by atoms with E-state index < -0.39 is 0 Å². The number of para-hydroxylation sites is 2. The molecule has 0 bridgehead atoms. The number of hydrogen-bond donors (Lipinski definition) is 1. The molecule has 1 N–H and O–H groups in total. The van der Waals surface area contributed by atoms with Crippen molar-refractivity contribution in [1.29, 1.82) is 0 Å². The lowest BCUT2D eigenvalue weighted by atomic mass is 10.1. The van der Waals surface area contributed by atoms with Crippen LogP contribution in [0.2, 0.25) is 0 Å². The van der Waals surface area contributed by atoms with Gasteiger partial charge >= 0.3 is 0 Å². The topological polar surface area (TPSA) is 85.0 Å². The first-order valence-electron chi connectivity index (χ1n) is 10.6. The van der Waals surface area contributed by atoms with Gasteiger partial charge in [-0.05, 0) is 57.0 Å². The van der Waals surface area contributed by atoms with E-state index in [1.54, 1.807) is 4.57 Å². The largest absolute Gasteiger partial charge is 0.362 e. The number of aryl methyl sites for hydroxylation is 4. The molecule has 7 nitrogen and oxygen atoms in total. The minimum Gasteiger partial charge on any atom is -0.362 e. The van der Waals surface area contributed by atoms with E-state index in [4.69, 9.17) is 0 Å². The molecule has 33 heavy (non-hydrogen) atoms. The van der Waals surface area contributed by atoms with Gasteiger partial charge in [0, 0.05) is 17.0 Å². The molecule has 0 fully saturated rings. The van der Waals surface area contributed by atoms with Crippen LogP contribution in [0.15, 0.2) is 58.5 Å². The predicted molar refractivity (Wildman–Crippen MR) is 131 cm³/mol. The Hall–Kier alpha value is -3.65. The summed E-state index contributed by atoms with van der Waals surface area (Å²) in [6.45, 7) is 7.79. The highest BCUT2D eigenvalue weighted by Gasteiger charge is 2.21. The van der Waals surface area contributed by atoms with E-state index in [2.05, 4.69) is 15.2 Å². The maximum Gasteiger partial charge on any atom is 0.267 e. The van der Waals surface area contributed by atoms with Gasteiger partial charge in [0.05, 0.1) is 22.3 Å². The van der Waals surface area contributed by atoms with Crippen LogP contribution in [-0.4, -0.2) is 35.7 Å². The Labute approximate surface area is 194 Å². The molecule has 0 saturated heterocycles. The number of carbonyl (C=O) groups is 1. The van der Waals surface area contributed by atoms with Crippen molar-refractivity contribution in [2.45, 2.75) is 32.9 Å². The molecule has 0 amide bonds. The maximum atomic E-state index is 13.6. The van der Waals surface area contributed by atoms with Gasteiger partial charge in [0.15, 0.2) is 10.9 Å². The molecule has 5 aromatic rings. The lowest BCUT2D eigenvalue weighted by Crippen LogP contribution is -2.23. The number of ketones is 1. The number of hydrogen-bond acceptors (Lipinski definition) is 5. The lowest BCUT2D eigenvalue weighted by molar-refractivity contribution is 0.102. The van der Waals surface area contributed by atoms with Crippen molar-refractivity contribution in [3.05, 3.63) is 87.0 Å². The van der Waals surface area contributed by atoms with Gasteiger partial charge in [-0.15, -0.1) is 10.2 Å². The summed E-state index contributed by atoms with van der Waals surface area (Å²) in [5, 5.41) is 9.92. The van der Waals surface area contributed by atoms with Crippen LogP contribution in [0.3, 0.4) is 0 Å². The Morgan fingerprint density at radius 1 is 1.00 bits per heavy atom. The first-order valence-corrected chi connectivity index (χ1v) is 11.6. The highest BCUT2D eigenvalue weighted by molar-refractivity contribution is 7.99. The van der Waals surface area contributed by atoms with Crippen LogP contribution >= 0.6 is 11.8 Å². The maximum absolute atomic E-state index is 13.6. The summed E-state index contributed by atoms with van der Waals surface area (Å²) in [6.07, 6.45) is 0. The van der Waals surface area contributed by atoms with Crippen molar-refractivity contribution in [2.75, 3.05) is 5.75 Å². The molecule has 0 atom stereocenters. The number of rotatable bonds is 5. The second kappa shape index (κ2) is 8.04. The molecule has 3 aromatic heterocycles. The van der Waals surface area contributed by atoms with Crippen LogP contribution in [0.5, 0.6) is 0 Å². The van der Waals surface area contributed by atoms with Crippen molar-refractivity contribution in [2.24, 2.45) is 0 Å². The summed E-state index contributed by atoms with van der Waals surface area (Å²) in [6, 6.07) is 15.2. The lowest BCUT2D eigenvalue weighted by Gasteiger charge is -2.15. The van der Waals surface area contributed by atoms with Crippen LogP contribution in [0.25, 0.3) is 22.4 Å². The van der Waals surface area contributed by atoms with Gasteiger partial charge in [-0.2, -0.15) is 0 Å². The Kier molecular flexibility index (Phi) is 5.17. The molecule has 8 heteroatoms. The van der Waals surface area contributed by atoms with Crippen molar-refractivity contribution >= 4 is 34.2 Å². The average Bonchev–Trinajstić information content (AvgIpc) is 3.36. The summed E-state index contributed by atoms with van der Waals surface area (Å²) in [5.74, 6) is 0.668. The summed E-state index contributed by atoms with van der Waals surface area (Å²) in [5.41, 5.74) is 5.82. The normalized spacial score (nSPS) is 11.5. The van der Waals surface area contributed by atoms with Crippen LogP contribution < -0.4 is 5.56 Å². The van der Waals surface area contributed by atoms with Crippen molar-refractivity contribution in [3.8, 4) is 5.69 Å². The number of aromatic amines is 1. The molecule has 5 rings (SSSR count). The smallest absolute Gasteiger partial charge is 0.267 e. The number of nitrogens with one attached hydrogen (secondary N) is 1. The number of benzene rings is 2. The fourth-order valence-electron chi connectivity index (χ4n) is 4.35. The average molecular weight is 458 g/mol. The Morgan fingerprint density at radius 3 is 2.42 bits per heavy atom. The van der Waals surface area contributed by atoms with Crippen molar-refractivity contribution in [1.82, 2.24) is 24.1 Å². The fourth-order valence-corrected chi connectivity index (χ4v) is 5.18. The molecule has 166 valence electrons. The standard InChI is InChI=1S/C25H23N5O2S/c1-14-8-7-9-15(2)22(14)30-23(32)18-10-5-6-11-20(18)29-24(30)27-28-25(29)33-13-21(31)19-12-16(3)26-17(19)4/h5-12,26H,13H2,1-4H3. The molecule has 0 aliphatic carbocycles. The molecular weight excluding hydrogens is 434 g/mol. The van der Waals surface area contributed by atoms with Gasteiger partial charge in [-0.25, -0.2) is 4.57 Å². The quantitative estimate of drug-likeness (QED) is 0.309. The third-order valence-electron chi connectivity index (χ3n) is 5.84. The van der Waals surface area contributed by atoms with E-state index in [0.717, 1.165) is 28.2 Å². The number of Topliss-reactive ketones (excluding diaryl/α,β-unsaturated/α-hetero) is 1. The van der Waals surface area contributed by atoms with E-state index in [0.29, 0.717) is 27.4 Å². The van der Waals surface area contributed by atoms with Gasteiger partial charge < -0.3 is 4.98 Å². The first-order chi connectivity index (χ1) is 15.9. The van der Waals surface area contributed by atoms with E-state index in [1.807, 2.05) is 80.6 Å². The molecule has 2 aromatic carbocycles. The van der Waals surface area contributed by atoms with E-state index in [-0.39, 0.29) is 17.1 Å². The zero-order valence-electron chi connectivity index (χ0n) is 18.8. The summed E-state index contributed by atoms with van der Waals surface area (Å²) in [4.78, 5) is 29.6. The zero-order valence-corrected chi connectivity index (χ0v) is 19.7. The van der Waals surface area contributed by atoms with E-state index in [9.17, 15) is 9.59 Å². The predicted octanol–water partition coefficient (Wildman–Crippen LogP) is 4.57. The van der Waals surface area contributed by atoms with Crippen LogP contribution in [0.4, 0.5) is 0 Å². The van der Waals surface area contributed by atoms with Crippen LogP contribution in [0.1, 0.15) is 32.9 Å². The molecule has 0 unspecified atom stereocenters. The molecular formula is C25H23N5O2S. The minimum absolute atomic E-state index is 0.0194. The number of carbonyl (C=O) groups excluding carboxylic acids is 1. The van der Waals surface area contributed by atoms with Gasteiger partial charge in [0.2, 0.25) is 5.78 Å². The van der Waals surface area contributed by atoms with Crippen molar-refractivity contribution < 1.29 is 4.79 Å². The first kappa shape index (κ1) is 21.2. The zero-order chi connectivity index (χ0) is 23.3. The Balaban J connectivity index is 1.68. The Bertz CT molecular complexity index is 1590. The van der Waals surface area contributed by atoms with Gasteiger partial charge in [-0.3, -0.25) is 14.0 Å². The SMILES string of the molecule is Cc1cc(C(=O)CSc2nnc3n(-c4c(C)cccc4C)c(=O)c4ccccc4n23)c(C)[nH]1. The second-order valence-electron chi connectivity index (χ2n) is 8.22. The second-order valence-corrected chi connectivity index (χ2v) is 9.16. The van der Waals surface area contributed by atoms with Gasteiger partial charge in [0.25, 0.3) is 5.56 Å². The number of fused-ring (bicyclic) bond motifs is 3. The molecule has 3 heterocycles. The van der Waals surface area contributed by atoms with Crippen LogP contribution in [-0.2, 0) is 0 Å². The van der Waals surface area contributed by atoms with E-state index >= 15 is 0 Å². The van der Waals surface area contributed by atoms with Gasteiger partial charge in [-0.1, -0.05) is 42.1 Å². The Morgan fingerprint density at radius 2 is 1.73 bits per heavy atom. The monoisotopic (exact) mass is 457 g/mol. The summed E-state index contributed by atoms with van der Waals surface area (Å²) in [7, 11) is 0. The van der Waals surface area contributed by atoms with E-state index in [1.165, 1.54) is 11.8 Å². The third kappa shape index (κ3) is 3.47. The van der Waals surface area contributed by atoms with Gasteiger partial charge in [0.1, 0.15) is 0 Å². The van der Waals surface area contributed by atoms with Crippen molar-refractivity contribution in [3.63, 3.8) is 0 Å². The number of nitrogens with zero attached hydrogens (tertiary/aromatic N) is 4. The minimum atomic E-state index is -0.144.